The lowest BCUT2D eigenvalue weighted by molar-refractivity contribution is 0.198. The van der Waals surface area contributed by atoms with Crippen molar-refractivity contribution < 1.29 is 9.50 Å². The molecule has 0 amide bonds. The average molecular weight is 275 g/mol. The predicted molar refractivity (Wildman–Crippen MR) is 78.6 cm³/mol. The molecule has 1 aromatic rings. The fraction of sp³-hybridized carbons (Fsp3) is 0.529. The highest BCUT2D eigenvalue weighted by molar-refractivity contribution is 5.37. The van der Waals surface area contributed by atoms with Crippen LogP contribution in [-0.2, 0) is 6.54 Å². The molecule has 20 heavy (non-hydrogen) atoms. The van der Waals surface area contributed by atoms with E-state index >= 15 is 0 Å². The zero-order valence-electron chi connectivity index (χ0n) is 12.2. The van der Waals surface area contributed by atoms with Crippen LogP contribution in [0.1, 0.15) is 37.8 Å². The maximum atomic E-state index is 13.6. The van der Waals surface area contributed by atoms with Crippen molar-refractivity contribution in [3.63, 3.8) is 0 Å². The Morgan fingerprint density at radius 2 is 2.20 bits per heavy atom. The Bertz CT molecular complexity index is 515. The van der Waals surface area contributed by atoms with Gasteiger partial charge in [-0.2, -0.15) is 0 Å². The first-order valence-electron chi connectivity index (χ1n) is 7.23. The molecule has 0 bridgehead atoms. The van der Waals surface area contributed by atoms with Crippen molar-refractivity contribution in [3.05, 3.63) is 35.1 Å². The van der Waals surface area contributed by atoms with Crippen LogP contribution in [0.2, 0.25) is 0 Å². The Hall–Kier alpha value is -1.37. The Morgan fingerprint density at radius 3 is 2.90 bits per heavy atom. The minimum atomic E-state index is -0.259. The Labute approximate surface area is 120 Å². The average Bonchev–Trinajstić information content (AvgIpc) is 2.84. The summed E-state index contributed by atoms with van der Waals surface area (Å²) >= 11 is 0. The maximum absolute atomic E-state index is 13.6. The largest absolute Gasteiger partial charge is 0.384 e. The molecule has 1 saturated heterocycles. The van der Waals surface area contributed by atoms with Gasteiger partial charge in [0.05, 0.1) is 0 Å². The molecule has 1 aromatic carbocycles. The van der Waals surface area contributed by atoms with Gasteiger partial charge in [0, 0.05) is 18.2 Å². The summed E-state index contributed by atoms with van der Waals surface area (Å²) in [7, 11) is 0. The molecule has 1 fully saturated rings. The van der Waals surface area contributed by atoms with Crippen LogP contribution in [0.5, 0.6) is 0 Å². The lowest BCUT2D eigenvalue weighted by Crippen LogP contribution is -2.32. The van der Waals surface area contributed by atoms with Crippen molar-refractivity contribution in [3.8, 4) is 11.8 Å². The third-order valence-electron chi connectivity index (χ3n) is 3.84. The molecule has 2 rings (SSSR count). The standard InChI is InChI=1S/C17H22FNO/c1-13(2)17-6-3-7-19(17)12-15-9-14(5-4-8-20)10-16(18)11-15/h9-11,13,17,20H,3,6-8,12H2,1-2H3. The summed E-state index contributed by atoms with van der Waals surface area (Å²) in [5.41, 5.74) is 1.59. The third kappa shape index (κ3) is 3.82. The van der Waals surface area contributed by atoms with E-state index < -0.39 is 0 Å². The second-order valence-electron chi connectivity index (χ2n) is 5.73. The third-order valence-corrected chi connectivity index (χ3v) is 3.84. The van der Waals surface area contributed by atoms with Gasteiger partial charge in [-0.05, 0) is 49.1 Å². The molecular formula is C17H22FNO. The fourth-order valence-electron chi connectivity index (χ4n) is 2.99. The molecule has 2 nitrogen and oxygen atoms in total. The molecule has 0 spiro atoms. The summed E-state index contributed by atoms with van der Waals surface area (Å²) in [6, 6.07) is 5.50. The van der Waals surface area contributed by atoms with Gasteiger partial charge in [0.25, 0.3) is 0 Å². The van der Waals surface area contributed by atoms with Crippen LogP contribution >= 0.6 is 0 Å². The predicted octanol–water partition coefficient (Wildman–Crippen LogP) is 2.79. The Balaban J connectivity index is 2.14. The van der Waals surface area contributed by atoms with Crippen LogP contribution in [0.15, 0.2) is 18.2 Å². The van der Waals surface area contributed by atoms with Crippen LogP contribution < -0.4 is 0 Å². The molecular weight excluding hydrogens is 253 g/mol. The molecule has 1 aliphatic rings. The summed E-state index contributed by atoms with van der Waals surface area (Å²) in [5, 5.41) is 8.72. The van der Waals surface area contributed by atoms with Crippen LogP contribution in [0, 0.1) is 23.6 Å². The molecule has 1 N–H and O–H groups in total. The Kier molecular flexibility index (Phi) is 5.17. The van der Waals surface area contributed by atoms with Gasteiger partial charge in [-0.25, -0.2) is 4.39 Å². The number of rotatable bonds is 3. The maximum Gasteiger partial charge on any atom is 0.124 e. The number of likely N-dealkylation sites (tertiary alicyclic amines) is 1. The number of hydrogen-bond donors (Lipinski definition) is 1. The van der Waals surface area contributed by atoms with E-state index in [2.05, 4.69) is 30.6 Å². The number of aliphatic hydroxyl groups excluding tert-OH is 1. The highest BCUT2D eigenvalue weighted by Crippen LogP contribution is 2.25. The molecule has 0 aliphatic carbocycles. The molecule has 3 heteroatoms. The van der Waals surface area contributed by atoms with Gasteiger partial charge in [0.15, 0.2) is 0 Å². The quantitative estimate of drug-likeness (QED) is 0.857. The van der Waals surface area contributed by atoms with E-state index in [1.54, 1.807) is 6.07 Å². The van der Waals surface area contributed by atoms with E-state index in [9.17, 15) is 4.39 Å². The summed E-state index contributed by atoms with van der Waals surface area (Å²) in [5.74, 6) is 5.71. The SMILES string of the molecule is CC(C)C1CCCN1Cc1cc(F)cc(C#CCO)c1. The van der Waals surface area contributed by atoms with Crippen molar-refractivity contribution in [2.45, 2.75) is 39.3 Å². The van der Waals surface area contributed by atoms with Gasteiger partial charge in [-0.1, -0.05) is 25.7 Å². The van der Waals surface area contributed by atoms with Crippen LogP contribution in [0.3, 0.4) is 0 Å². The van der Waals surface area contributed by atoms with Crippen molar-refractivity contribution in [2.75, 3.05) is 13.2 Å². The lowest BCUT2D eigenvalue weighted by atomic mass is 10.0. The molecule has 1 aliphatic heterocycles. The van der Waals surface area contributed by atoms with E-state index in [-0.39, 0.29) is 12.4 Å². The number of aliphatic hydroxyl groups is 1. The van der Waals surface area contributed by atoms with Crippen molar-refractivity contribution in [1.82, 2.24) is 4.90 Å². The van der Waals surface area contributed by atoms with Gasteiger partial charge >= 0.3 is 0 Å². The second-order valence-corrected chi connectivity index (χ2v) is 5.73. The summed E-state index contributed by atoms with van der Waals surface area (Å²) in [4.78, 5) is 2.43. The molecule has 108 valence electrons. The topological polar surface area (TPSA) is 23.5 Å². The summed E-state index contributed by atoms with van der Waals surface area (Å²) < 4.78 is 13.6. The molecule has 0 aromatic heterocycles. The van der Waals surface area contributed by atoms with Gasteiger partial charge < -0.3 is 5.11 Å². The van der Waals surface area contributed by atoms with Crippen molar-refractivity contribution in [1.29, 1.82) is 0 Å². The lowest BCUT2D eigenvalue weighted by Gasteiger charge is -2.27. The van der Waals surface area contributed by atoms with Gasteiger partial charge in [0.1, 0.15) is 12.4 Å². The van der Waals surface area contributed by atoms with E-state index in [1.165, 1.54) is 18.9 Å². The minimum Gasteiger partial charge on any atom is -0.384 e. The Morgan fingerprint density at radius 1 is 1.40 bits per heavy atom. The number of halogens is 1. The number of benzene rings is 1. The first kappa shape index (κ1) is 15.0. The molecule has 1 unspecified atom stereocenters. The molecule has 1 atom stereocenters. The zero-order chi connectivity index (χ0) is 14.5. The number of hydrogen-bond acceptors (Lipinski definition) is 2. The van der Waals surface area contributed by atoms with Gasteiger partial charge in [-0.15, -0.1) is 0 Å². The fourth-order valence-corrected chi connectivity index (χ4v) is 2.99. The van der Waals surface area contributed by atoms with Gasteiger partial charge in [0.2, 0.25) is 0 Å². The van der Waals surface area contributed by atoms with E-state index in [4.69, 9.17) is 5.11 Å². The van der Waals surface area contributed by atoms with Crippen LogP contribution in [0.4, 0.5) is 4.39 Å². The van der Waals surface area contributed by atoms with E-state index in [0.717, 1.165) is 18.7 Å². The van der Waals surface area contributed by atoms with Crippen LogP contribution in [-0.4, -0.2) is 29.2 Å². The molecule has 0 radical (unpaired) electrons. The van der Waals surface area contributed by atoms with E-state index in [1.807, 2.05) is 6.07 Å². The normalized spacial score (nSPS) is 19.1. The first-order valence-corrected chi connectivity index (χ1v) is 7.23. The smallest absolute Gasteiger partial charge is 0.124 e. The zero-order valence-corrected chi connectivity index (χ0v) is 12.2. The second kappa shape index (κ2) is 6.88. The summed E-state index contributed by atoms with van der Waals surface area (Å²) in [6.45, 7) is 6.14. The molecule has 1 heterocycles. The summed E-state index contributed by atoms with van der Waals surface area (Å²) in [6.07, 6.45) is 2.44. The first-order chi connectivity index (χ1) is 9.60. The highest BCUT2D eigenvalue weighted by atomic mass is 19.1. The number of nitrogens with zero attached hydrogens (tertiary/aromatic N) is 1. The van der Waals surface area contributed by atoms with Crippen molar-refractivity contribution >= 4 is 0 Å². The van der Waals surface area contributed by atoms with E-state index in [0.29, 0.717) is 17.5 Å². The minimum absolute atomic E-state index is 0.201. The van der Waals surface area contributed by atoms with Crippen molar-refractivity contribution in [2.24, 2.45) is 5.92 Å². The highest BCUT2D eigenvalue weighted by Gasteiger charge is 2.26. The van der Waals surface area contributed by atoms with Crippen LogP contribution in [0.25, 0.3) is 0 Å². The molecule has 0 saturated carbocycles. The van der Waals surface area contributed by atoms with Gasteiger partial charge in [-0.3, -0.25) is 4.90 Å². The monoisotopic (exact) mass is 275 g/mol.